The maximum atomic E-state index is 12.7. The Bertz CT molecular complexity index is 1530. The number of methoxy groups -OCH3 is 1. The number of rotatable bonds is 4. The molecule has 4 nitrogen and oxygen atoms in total. The third kappa shape index (κ3) is 3.43. The highest BCUT2D eigenvalue weighted by atomic mass is 31.2. The van der Waals surface area contributed by atoms with Crippen LogP contribution in [0.1, 0.15) is 11.7 Å². The lowest BCUT2D eigenvalue weighted by atomic mass is 9.93. The number of esters is 1. The molecule has 0 aliphatic carbocycles. The van der Waals surface area contributed by atoms with Gasteiger partial charge in [-0.3, -0.25) is 0 Å². The van der Waals surface area contributed by atoms with Gasteiger partial charge >= 0.3 is 5.97 Å². The van der Waals surface area contributed by atoms with Crippen molar-refractivity contribution in [3.8, 4) is 16.9 Å². The van der Waals surface area contributed by atoms with Crippen molar-refractivity contribution in [2.45, 2.75) is 6.10 Å². The lowest BCUT2D eigenvalue weighted by Crippen LogP contribution is -2.22. The molecule has 5 heteroatoms. The van der Waals surface area contributed by atoms with Crippen LogP contribution in [0.2, 0.25) is 0 Å². The molecule has 5 aromatic rings. The van der Waals surface area contributed by atoms with Crippen LogP contribution in [-0.2, 0) is 14.1 Å². The molecule has 0 saturated carbocycles. The molecule has 34 heavy (non-hydrogen) atoms. The molecule has 0 spiro atoms. The fourth-order valence-electron chi connectivity index (χ4n) is 4.55. The second-order valence-corrected chi connectivity index (χ2v) is 9.50. The van der Waals surface area contributed by atoms with E-state index in [0.717, 1.165) is 49.3 Å². The number of ether oxygens (including phenoxy) is 1. The van der Waals surface area contributed by atoms with E-state index in [2.05, 4.69) is 42.5 Å². The van der Waals surface area contributed by atoms with E-state index >= 15 is 0 Å². The Morgan fingerprint density at radius 3 is 2.06 bits per heavy atom. The first-order valence-electron chi connectivity index (χ1n) is 11.1. The van der Waals surface area contributed by atoms with Crippen LogP contribution in [0.5, 0.6) is 5.75 Å². The number of hydrogen-bond donors (Lipinski definition) is 0. The molecule has 1 aliphatic heterocycles. The predicted octanol–water partition coefficient (Wildman–Crippen LogP) is 6.92. The predicted molar refractivity (Wildman–Crippen MR) is 136 cm³/mol. The summed E-state index contributed by atoms with van der Waals surface area (Å²) in [5.74, 6) is 0.300. The first-order chi connectivity index (χ1) is 16.7. The molecule has 0 bridgehead atoms. The number of fused-ring (bicyclic) bond motifs is 7. The van der Waals surface area contributed by atoms with Gasteiger partial charge in [0.15, 0.2) is 6.10 Å². The molecule has 0 fully saturated rings. The second kappa shape index (κ2) is 8.57. The number of benzene rings is 5. The van der Waals surface area contributed by atoms with Crippen molar-refractivity contribution in [3.63, 3.8) is 0 Å². The molecule has 0 aromatic heterocycles. The number of hydrogen-bond acceptors (Lipinski definition) is 4. The molecule has 2 atom stereocenters. The zero-order valence-electron chi connectivity index (χ0n) is 18.5. The van der Waals surface area contributed by atoms with Crippen LogP contribution in [0.3, 0.4) is 0 Å². The average molecular weight is 464 g/mol. The molecule has 1 heterocycles. The third-order valence-corrected chi connectivity index (χ3v) is 7.68. The quantitative estimate of drug-likeness (QED) is 0.214. The van der Waals surface area contributed by atoms with E-state index in [9.17, 15) is 4.79 Å². The highest BCUT2D eigenvalue weighted by Crippen LogP contribution is 2.55. The largest absolute Gasteiger partial charge is 0.467 e. The van der Waals surface area contributed by atoms with Gasteiger partial charge in [-0.15, -0.1) is 0 Å². The van der Waals surface area contributed by atoms with E-state index in [1.54, 1.807) is 0 Å². The van der Waals surface area contributed by atoms with Crippen molar-refractivity contribution in [1.82, 2.24) is 0 Å². The van der Waals surface area contributed by atoms with Gasteiger partial charge in [0.1, 0.15) is 5.75 Å². The summed E-state index contributed by atoms with van der Waals surface area (Å²) < 4.78 is 18.0. The molecule has 6 rings (SSSR count). The standard InChI is InChI=1S/C29H21O4P/c1-31-29(30)28(21-11-3-2-4-12-21)33-34-25-18-16-20-10-6-8-14-23(20)27(25)26-22-13-7-5-9-19(22)15-17-24(26)32-34/h2-18,28H,1H3/t28-,34?/m1/s1. The second-order valence-electron chi connectivity index (χ2n) is 8.11. The zero-order valence-corrected chi connectivity index (χ0v) is 19.4. The van der Waals surface area contributed by atoms with Crippen LogP contribution in [0, 0.1) is 0 Å². The van der Waals surface area contributed by atoms with Gasteiger partial charge in [-0.2, -0.15) is 0 Å². The van der Waals surface area contributed by atoms with E-state index in [-0.39, 0.29) is 0 Å². The van der Waals surface area contributed by atoms with E-state index in [1.165, 1.54) is 7.11 Å². The summed E-state index contributed by atoms with van der Waals surface area (Å²) in [5.41, 5.74) is 2.88. The van der Waals surface area contributed by atoms with Crippen LogP contribution in [0.25, 0.3) is 32.7 Å². The topological polar surface area (TPSA) is 44.8 Å². The smallest absolute Gasteiger partial charge is 0.340 e. The zero-order chi connectivity index (χ0) is 23.1. The first-order valence-corrected chi connectivity index (χ1v) is 12.2. The van der Waals surface area contributed by atoms with Crippen molar-refractivity contribution in [2.24, 2.45) is 0 Å². The maximum absolute atomic E-state index is 12.7. The van der Waals surface area contributed by atoms with Crippen molar-refractivity contribution >= 4 is 41.2 Å². The molecule has 1 aliphatic rings. The average Bonchev–Trinajstić information content (AvgIpc) is 2.91. The molecule has 0 N–H and O–H groups in total. The summed E-state index contributed by atoms with van der Waals surface area (Å²) in [6.07, 6.45) is -0.890. The highest BCUT2D eigenvalue weighted by Gasteiger charge is 2.35. The van der Waals surface area contributed by atoms with Crippen molar-refractivity contribution in [3.05, 3.63) is 109 Å². The molecular formula is C29H21O4P. The van der Waals surface area contributed by atoms with E-state index in [0.29, 0.717) is 0 Å². The minimum atomic E-state index is -1.60. The van der Waals surface area contributed by atoms with Gasteiger partial charge in [0.25, 0.3) is 8.38 Å². The normalized spacial score (nSPS) is 15.3. The highest BCUT2D eigenvalue weighted by molar-refractivity contribution is 7.57. The molecule has 1 unspecified atom stereocenters. The Morgan fingerprint density at radius 2 is 1.35 bits per heavy atom. The number of carbonyl (C=O) groups excluding carboxylic acids is 1. The molecular weight excluding hydrogens is 443 g/mol. The van der Waals surface area contributed by atoms with Crippen molar-refractivity contribution < 1.29 is 18.6 Å². The first kappa shape index (κ1) is 20.9. The van der Waals surface area contributed by atoms with Crippen LogP contribution in [-0.4, -0.2) is 13.1 Å². The van der Waals surface area contributed by atoms with Gasteiger partial charge in [-0.05, 0) is 39.2 Å². The van der Waals surface area contributed by atoms with Crippen LogP contribution < -0.4 is 9.83 Å². The van der Waals surface area contributed by atoms with Crippen molar-refractivity contribution in [2.75, 3.05) is 7.11 Å². The fourth-order valence-corrected chi connectivity index (χ4v) is 6.14. The van der Waals surface area contributed by atoms with Gasteiger partial charge in [0.2, 0.25) is 0 Å². The summed E-state index contributed by atoms with van der Waals surface area (Å²) in [5, 5.41) is 5.49. The van der Waals surface area contributed by atoms with E-state index < -0.39 is 20.4 Å². The molecule has 166 valence electrons. The molecule has 5 aromatic carbocycles. The summed E-state index contributed by atoms with van der Waals surface area (Å²) in [6.45, 7) is 0. The molecule has 0 saturated heterocycles. The van der Waals surface area contributed by atoms with Crippen LogP contribution in [0.4, 0.5) is 0 Å². The summed E-state index contributed by atoms with van der Waals surface area (Å²) in [4.78, 5) is 12.7. The monoisotopic (exact) mass is 464 g/mol. The van der Waals surface area contributed by atoms with Crippen LogP contribution >= 0.6 is 8.38 Å². The molecule has 0 radical (unpaired) electrons. The fraction of sp³-hybridized carbons (Fsp3) is 0.0690. The Labute approximate surface area is 198 Å². The van der Waals surface area contributed by atoms with E-state index in [4.69, 9.17) is 13.8 Å². The molecule has 0 amide bonds. The van der Waals surface area contributed by atoms with Gasteiger partial charge in [0.05, 0.1) is 12.4 Å². The minimum Gasteiger partial charge on any atom is -0.467 e. The Morgan fingerprint density at radius 1 is 0.735 bits per heavy atom. The Hall–Kier alpha value is -3.72. The van der Waals surface area contributed by atoms with Gasteiger partial charge in [0, 0.05) is 11.1 Å². The lowest BCUT2D eigenvalue weighted by molar-refractivity contribution is -0.149. The minimum absolute atomic E-state index is 0.455. The summed E-state index contributed by atoms with van der Waals surface area (Å²) in [6, 6.07) is 34.3. The van der Waals surface area contributed by atoms with Gasteiger partial charge < -0.3 is 13.8 Å². The third-order valence-electron chi connectivity index (χ3n) is 6.14. The Kier molecular flexibility index (Phi) is 5.26. The van der Waals surface area contributed by atoms with Gasteiger partial charge in [-0.1, -0.05) is 91.0 Å². The van der Waals surface area contributed by atoms with Gasteiger partial charge in [-0.25, -0.2) is 4.79 Å². The van der Waals surface area contributed by atoms with Crippen LogP contribution in [0.15, 0.2) is 103 Å². The van der Waals surface area contributed by atoms with E-state index in [1.807, 2.05) is 60.7 Å². The number of carbonyl (C=O) groups is 1. The summed E-state index contributed by atoms with van der Waals surface area (Å²) in [7, 11) is -0.230. The Balaban J connectivity index is 1.56. The van der Waals surface area contributed by atoms with Crippen molar-refractivity contribution in [1.29, 1.82) is 0 Å². The lowest BCUT2D eigenvalue weighted by Gasteiger charge is -2.31. The SMILES string of the molecule is COC(=O)[C@H](OP1Oc2ccc3ccccc3c2-c2c1ccc1ccccc21)c1ccccc1. The maximum Gasteiger partial charge on any atom is 0.340 e. The summed E-state index contributed by atoms with van der Waals surface area (Å²) >= 11 is 0.